The highest BCUT2D eigenvalue weighted by Crippen LogP contribution is 2.28. The molecule has 1 aromatic rings. The predicted octanol–water partition coefficient (Wildman–Crippen LogP) is 4.21. The molecule has 0 amide bonds. The fraction of sp³-hybridized carbons (Fsp3) is 0.625. The van der Waals surface area contributed by atoms with Crippen molar-refractivity contribution < 1.29 is 4.79 Å². The number of ketones is 1. The minimum Gasteiger partial charge on any atom is -0.292 e. The van der Waals surface area contributed by atoms with Gasteiger partial charge in [0.1, 0.15) is 5.69 Å². The molecule has 0 unspecified atom stereocenters. The first kappa shape index (κ1) is 14.9. The van der Waals surface area contributed by atoms with E-state index in [0.717, 1.165) is 17.5 Å². The van der Waals surface area contributed by atoms with Gasteiger partial charge in [-0.25, -0.2) is 0 Å². The number of hydrogen-bond donors (Lipinski definition) is 0. The SMILES string of the molecule is Cc1ccnc(C(=O)C(C)(C)C)c1CC(C)(C)C. The number of rotatable bonds is 2. The van der Waals surface area contributed by atoms with Gasteiger partial charge >= 0.3 is 0 Å². The zero-order chi connectivity index (χ0) is 14.1. The molecule has 1 heterocycles. The maximum atomic E-state index is 12.5. The van der Waals surface area contributed by atoms with E-state index < -0.39 is 0 Å². The Morgan fingerprint density at radius 3 is 2.17 bits per heavy atom. The molecule has 0 saturated heterocycles. The second-order valence-corrected chi connectivity index (χ2v) is 7.27. The Morgan fingerprint density at radius 1 is 1.17 bits per heavy atom. The van der Waals surface area contributed by atoms with Crippen LogP contribution in [0.25, 0.3) is 0 Å². The van der Waals surface area contributed by atoms with Crippen LogP contribution in [0.15, 0.2) is 12.3 Å². The molecule has 18 heavy (non-hydrogen) atoms. The molecule has 0 aliphatic heterocycles. The van der Waals surface area contributed by atoms with Gasteiger partial charge in [0.2, 0.25) is 0 Å². The monoisotopic (exact) mass is 247 g/mol. The quantitative estimate of drug-likeness (QED) is 0.733. The Labute approximate surface area is 111 Å². The lowest BCUT2D eigenvalue weighted by Gasteiger charge is -2.24. The number of pyridine rings is 1. The van der Waals surface area contributed by atoms with E-state index in [2.05, 4.69) is 32.7 Å². The van der Waals surface area contributed by atoms with Crippen LogP contribution in [0.1, 0.15) is 63.2 Å². The standard InChI is InChI=1S/C16H25NO/c1-11-8-9-17-13(14(18)16(5,6)7)12(11)10-15(2,3)4/h8-9H,10H2,1-7H3. The summed E-state index contributed by atoms with van der Waals surface area (Å²) in [5, 5.41) is 0. The number of nitrogens with zero attached hydrogens (tertiary/aromatic N) is 1. The van der Waals surface area contributed by atoms with Crippen LogP contribution in [0.4, 0.5) is 0 Å². The molecular formula is C16H25NO. The number of Topliss-reactive ketones (excluding diaryl/α,β-unsaturated/α-hetero) is 1. The van der Waals surface area contributed by atoms with E-state index in [9.17, 15) is 4.79 Å². The van der Waals surface area contributed by atoms with Crippen molar-refractivity contribution in [2.24, 2.45) is 10.8 Å². The van der Waals surface area contributed by atoms with E-state index in [0.29, 0.717) is 5.69 Å². The predicted molar refractivity (Wildman–Crippen MR) is 75.9 cm³/mol. The first-order chi connectivity index (χ1) is 8.02. The van der Waals surface area contributed by atoms with E-state index in [1.807, 2.05) is 26.8 Å². The zero-order valence-corrected chi connectivity index (χ0v) is 12.7. The lowest BCUT2D eigenvalue weighted by atomic mass is 9.81. The maximum Gasteiger partial charge on any atom is 0.186 e. The van der Waals surface area contributed by atoms with Gasteiger partial charge in [0.25, 0.3) is 0 Å². The van der Waals surface area contributed by atoms with Crippen molar-refractivity contribution >= 4 is 5.78 Å². The van der Waals surface area contributed by atoms with Gasteiger partial charge in [-0.05, 0) is 36.0 Å². The van der Waals surface area contributed by atoms with Crippen LogP contribution in [-0.2, 0) is 6.42 Å². The molecule has 0 saturated carbocycles. The number of carbonyl (C=O) groups excluding carboxylic acids is 1. The molecule has 100 valence electrons. The third-order valence-electron chi connectivity index (χ3n) is 2.89. The summed E-state index contributed by atoms with van der Waals surface area (Å²) in [4.78, 5) is 16.8. The first-order valence-electron chi connectivity index (χ1n) is 6.52. The Bertz CT molecular complexity index is 447. The minimum absolute atomic E-state index is 0.130. The van der Waals surface area contributed by atoms with Crippen LogP contribution in [-0.4, -0.2) is 10.8 Å². The molecule has 2 nitrogen and oxygen atoms in total. The smallest absolute Gasteiger partial charge is 0.186 e. The highest BCUT2D eigenvalue weighted by Gasteiger charge is 2.28. The third-order valence-corrected chi connectivity index (χ3v) is 2.89. The van der Waals surface area contributed by atoms with Gasteiger partial charge in [0.05, 0.1) is 0 Å². The maximum absolute atomic E-state index is 12.5. The zero-order valence-electron chi connectivity index (χ0n) is 12.7. The second-order valence-electron chi connectivity index (χ2n) is 7.27. The largest absolute Gasteiger partial charge is 0.292 e. The molecular weight excluding hydrogens is 222 g/mol. The van der Waals surface area contributed by atoms with E-state index >= 15 is 0 Å². The Morgan fingerprint density at radius 2 is 1.72 bits per heavy atom. The topological polar surface area (TPSA) is 30.0 Å². The van der Waals surface area contributed by atoms with Crippen LogP contribution >= 0.6 is 0 Å². The van der Waals surface area contributed by atoms with Crippen molar-refractivity contribution in [2.75, 3.05) is 0 Å². The molecule has 2 heteroatoms. The van der Waals surface area contributed by atoms with Gasteiger partial charge in [-0.15, -0.1) is 0 Å². The summed E-state index contributed by atoms with van der Waals surface area (Å²) in [6, 6.07) is 1.99. The first-order valence-corrected chi connectivity index (χ1v) is 6.52. The Kier molecular flexibility index (Phi) is 3.99. The van der Waals surface area contributed by atoms with Gasteiger partial charge in [-0.2, -0.15) is 0 Å². The van der Waals surface area contributed by atoms with Crippen molar-refractivity contribution in [2.45, 2.75) is 54.9 Å². The summed E-state index contributed by atoms with van der Waals surface area (Å²) < 4.78 is 0. The number of carbonyl (C=O) groups is 1. The van der Waals surface area contributed by atoms with Crippen molar-refractivity contribution in [3.63, 3.8) is 0 Å². The molecule has 0 atom stereocenters. The van der Waals surface area contributed by atoms with Crippen LogP contribution in [0.5, 0.6) is 0 Å². The Balaban J connectivity index is 3.29. The Hall–Kier alpha value is -1.18. The van der Waals surface area contributed by atoms with Gasteiger partial charge in [-0.3, -0.25) is 9.78 Å². The highest BCUT2D eigenvalue weighted by atomic mass is 16.1. The van der Waals surface area contributed by atoms with Crippen molar-refractivity contribution in [3.05, 3.63) is 29.1 Å². The van der Waals surface area contributed by atoms with Crippen molar-refractivity contribution in [1.29, 1.82) is 0 Å². The molecule has 0 bridgehead atoms. The fourth-order valence-electron chi connectivity index (χ4n) is 1.89. The second kappa shape index (κ2) is 4.83. The summed E-state index contributed by atoms with van der Waals surface area (Å²) >= 11 is 0. The van der Waals surface area contributed by atoms with E-state index in [4.69, 9.17) is 0 Å². The number of aromatic nitrogens is 1. The normalized spacial score (nSPS) is 12.6. The summed E-state index contributed by atoms with van der Waals surface area (Å²) in [5.74, 6) is 0.130. The van der Waals surface area contributed by atoms with Crippen LogP contribution in [0.3, 0.4) is 0 Å². The summed E-state index contributed by atoms with van der Waals surface area (Å²) in [7, 11) is 0. The molecule has 0 aliphatic rings. The van der Waals surface area contributed by atoms with Crippen molar-refractivity contribution in [1.82, 2.24) is 4.98 Å². The molecule has 0 radical (unpaired) electrons. The molecule has 1 rings (SSSR count). The van der Waals surface area contributed by atoms with Gasteiger partial charge in [-0.1, -0.05) is 41.5 Å². The molecule has 0 aromatic carbocycles. The summed E-state index contributed by atoms with van der Waals surface area (Å²) in [6.07, 6.45) is 2.62. The van der Waals surface area contributed by atoms with Gasteiger partial charge in [0, 0.05) is 11.6 Å². The van der Waals surface area contributed by atoms with Crippen LogP contribution < -0.4 is 0 Å². The molecule has 0 aliphatic carbocycles. The molecule has 1 aromatic heterocycles. The van der Waals surface area contributed by atoms with Crippen LogP contribution in [0.2, 0.25) is 0 Å². The third kappa shape index (κ3) is 3.66. The summed E-state index contributed by atoms with van der Waals surface area (Å²) in [6.45, 7) is 14.4. The number of aryl methyl sites for hydroxylation is 1. The average molecular weight is 247 g/mol. The van der Waals surface area contributed by atoms with E-state index in [1.165, 1.54) is 0 Å². The molecule has 0 fully saturated rings. The fourth-order valence-corrected chi connectivity index (χ4v) is 1.89. The minimum atomic E-state index is -0.382. The summed E-state index contributed by atoms with van der Waals surface area (Å²) in [5.41, 5.74) is 2.68. The lowest BCUT2D eigenvalue weighted by Crippen LogP contribution is -2.25. The van der Waals surface area contributed by atoms with Crippen molar-refractivity contribution in [3.8, 4) is 0 Å². The molecule has 0 N–H and O–H groups in total. The van der Waals surface area contributed by atoms with Gasteiger partial charge in [0.15, 0.2) is 5.78 Å². The lowest BCUT2D eigenvalue weighted by molar-refractivity contribution is 0.0851. The highest BCUT2D eigenvalue weighted by molar-refractivity contribution is 5.99. The van der Waals surface area contributed by atoms with Crippen LogP contribution in [0, 0.1) is 17.8 Å². The number of hydrogen-bond acceptors (Lipinski definition) is 2. The molecule has 0 spiro atoms. The van der Waals surface area contributed by atoms with Gasteiger partial charge < -0.3 is 0 Å². The average Bonchev–Trinajstić information content (AvgIpc) is 2.17. The van der Waals surface area contributed by atoms with E-state index in [-0.39, 0.29) is 16.6 Å². The van der Waals surface area contributed by atoms with E-state index in [1.54, 1.807) is 6.20 Å².